The lowest BCUT2D eigenvalue weighted by Crippen LogP contribution is -2.34. The summed E-state index contributed by atoms with van der Waals surface area (Å²) in [4.78, 5) is 11.3. The molecule has 0 spiro atoms. The first-order chi connectivity index (χ1) is 13.3. The molecule has 146 valence electrons. The summed E-state index contributed by atoms with van der Waals surface area (Å²) in [6, 6.07) is 2.08. The van der Waals surface area contributed by atoms with Crippen LogP contribution in [0.25, 0.3) is 0 Å². The normalized spacial score (nSPS) is 18.9. The lowest BCUT2D eigenvalue weighted by atomic mass is 9.93. The maximum Gasteiger partial charge on any atom is 0.234 e. The molecule has 1 aliphatic heterocycles. The minimum absolute atomic E-state index is 0.122. The Morgan fingerprint density at radius 3 is 2.70 bits per heavy atom. The van der Waals surface area contributed by atoms with Crippen molar-refractivity contribution < 1.29 is 9.84 Å². The van der Waals surface area contributed by atoms with Crippen LogP contribution in [-0.2, 0) is 6.54 Å². The second-order valence-corrected chi connectivity index (χ2v) is 7.64. The zero-order valence-corrected chi connectivity index (χ0v) is 15.8. The molecule has 1 saturated heterocycles. The monoisotopic (exact) mass is 371 g/mol. The average molecular weight is 371 g/mol. The number of hydrogen-bond acceptors (Lipinski definition) is 6. The van der Waals surface area contributed by atoms with E-state index in [2.05, 4.69) is 26.0 Å². The Labute approximate surface area is 160 Å². The van der Waals surface area contributed by atoms with Gasteiger partial charge < -0.3 is 14.7 Å². The molecule has 7 nitrogen and oxygen atoms in total. The second kappa shape index (κ2) is 8.69. The van der Waals surface area contributed by atoms with E-state index in [1.165, 1.54) is 31.4 Å². The van der Waals surface area contributed by atoms with Gasteiger partial charge in [0.05, 0.1) is 32.2 Å². The Morgan fingerprint density at radius 2 is 1.93 bits per heavy atom. The molecule has 0 atom stereocenters. The number of ether oxygens (including phenoxy) is 1. The summed E-state index contributed by atoms with van der Waals surface area (Å²) in [6.45, 7) is 3.33. The van der Waals surface area contributed by atoms with E-state index in [1.807, 2.05) is 17.1 Å². The van der Waals surface area contributed by atoms with Crippen LogP contribution < -0.4 is 9.64 Å². The highest BCUT2D eigenvalue weighted by atomic mass is 16.5. The van der Waals surface area contributed by atoms with Gasteiger partial charge in [-0.2, -0.15) is 10.1 Å². The quantitative estimate of drug-likeness (QED) is 0.806. The van der Waals surface area contributed by atoms with Crippen molar-refractivity contribution in [2.45, 2.75) is 51.0 Å². The number of aliphatic hydroxyl groups is 1. The summed E-state index contributed by atoms with van der Waals surface area (Å²) in [6.07, 6.45) is 12.7. The van der Waals surface area contributed by atoms with E-state index in [0.29, 0.717) is 24.3 Å². The molecule has 2 aromatic rings. The Bertz CT molecular complexity index is 721. The van der Waals surface area contributed by atoms with Gasteiger partial charge in [0.15, 0.2) is 5.82 Å². The van der Waals surface area contributed by atoms with E-state index in [9.17, 15) is 5.11 Å². The van der Waals surface area contributed by atoms with Crippen LogP contribution in [0, 0.1) is 5.92 Å². The molecule has 1 saturated carbocycles. The number of nitrogens with zero attached hydrogens (tertiary/aromatic N) is 5. The van der Waals surface area contributed by atoms with Gasteiger partial charge in [0.2, 0.25) is 5.88 Å². The van der Waals surface area contributed by atoms with Crippen LogP contribution in [0.5, 0.6) is 5.88 Å². The van der Waals surface area contributed by atoms with Crippen LogP contribution in [0.3, 0.4) is 0 Å². The third kappa shape index (κ3) is 4.40. The fraction of sp³-hybridized carbons (Fsp3) is 0.650. The first-order valence-corrected chi connectivity index (χ1v) is 10.2. The topological polar surface area (TPSA) is 76.3 Å². The molecule has 3 heterocycles. The van der Waals surface area contributed by atoms with Gasteiger partial charge in [-0.25, -0.2) is 0 Å². The number of piperidine rings is 1. The van der Waals surface area contributed by atoms with Crippen LogP contribution in [-0.4, -0.2) is 51.2 Å². The molecular formula is C20H29N5O2. The van der Waals surface area contributed by atoms with Gasteiger partial charge in [-0.3, -0.25) is 9.67 Å². The molecular weight excluding hydrogens is 342 g/mol. The van der Waals surface area contributed by atoms with E-state index in [0.717, 1.165) is 38.4 Å². The minimum atomic E-state index is 0.122. The maximum absolute atomic E-state index is 9.19. The zero-order valence-electron chi connectivity index (χ0n) is 15.8. The summed E-state index contributed by atoms with van der Waals surface area (Å²) in [7, 11) is 0. The summed E-state index contributed by atoms with van der Waals surface area (Å²) >= 11 is 0. The number of aliphatic hydroxyl groups excluding tert-OH is 1. The smallest absolute Gasteiger partial charge is 0.234 e. The molecule has 27 heavy (non-hydrogen) atoms. The van der Waals surface area contributed by atoms with E-state index < -0.39 is 0 Å². The maximum atomic E-state index is 9.19. The Kier molecular flexibility index (Phi) is 5.87. The van der Waals surface area contributed by atoms with Gasteiger partial charge in [0.25, 0.3) is 0 Å². The number of anilines is 1. The van der Waals surface area contributed by atoms with E-state index >= 15 is 0 Å². The first-order valence-electron chi connectivity index (χ1n) is 10.2. The highest BCUT2D eigenvalue weighted by Crippen LogP contribution is 2.30. The third-order valence-corrected chi connectivity index (χ3v) is 5.84. The van der Waals surface area contributed by atoms with Gasteiger partial charge in [-0.05, 0) is 37.7 Å². The van der Waals surface area contributed by atoms with Crippen molar-refractivity contribution in [3.05, 3.63) is 30.4 Å². The zero-order chi connectivity index (χ0) is 18.5. The second-order valence-electron chi connectivity index (χ2n) is 7.64. The average Bonchev–Trinajstić information content (AvgIpc) is 3.39. The molecule has 1 N–H and O–H groups in total. The summed E-state index contributed by atoms with van der Waals surface area (Å²) in [5.74, 6) is 2.70. The largest absolute Gasteiger partial charge is 0.476 e. The molecule has 2 aromatic heterocycles. The van der Waals surface area contributed by atoms with Crippen molar-refractivity contribution >= 4 is 5.82 Å². The number of rotatable bonds is 7. The predicted molar refractivity (Wildman–Crippen MR) is 103 cm³/mol. The number of hydrogen-bond donors (Lipinski definition) is 1. The van der Waals surface area contributed by atoms with Crippen LogP contribution in [0.4, 0.5) is 5.82 Å². The molecule has 0 aromatic carbocycles. The SMILES string of the molecule is OCCn1nccc1C1CCN(c2cncc(OCC3CCCC3)n2)CC1. The minimum Gasteiger partial charge on any atom is -0.476 e. The van der Waals surface area contributed by atoms with Crippen molar-refractivity contribution in [3.63, 3.8) is 0 Å². The molecule has 0 amide bonds. The van der Waals surface area contributed by atoms with E-state index in [-0.39, 0.29) is 6.61 Å². The van der Waals surface area contributed by atoms with Gasteiger partial charge in [-0.15, -0.1) is 0 Å². The fourth-order valence-electron chi connectivity index (χ4n) is 4.32. The summed E-state index contributed by atoms with van der Waals surface area (Å²) < 4.78 is 7.84. The Hall–Kier alpha value is -2.15. The molecule has 0 unspecified atom stereocenters. The molecule has 0 radical (unpaired) electrons. The summed E-state index contributed by atoms with van der Waals surface area (Å²) in [5, 5.41) is 13.5. The lowest BCUT2D eigenvalue weighted by molar-refractivity contribution is 0.242. The van der Waals surface area contributed by atoms with Crippen molar-refractivity contribution in [2.75, 3.05) is 31.2 Å². The molecule has 7 heteroatoms. The predicted octanol–water partition coefficient (Wildman–Crippen LogP) is 2.62. The summed E-state index contributed by atoms with van der Waals surface area (Å²) in [5.41, 5.74) is 1.23. The van der Waals surface area contributed by atoms with Crippen molar-refractivity contribution in [2.24, 2.45) is 5.92 Å². The molecule has 2 aliphatic rings. The molecule has 2 fully saturated rings. The lowest BCUT2D eigenvalue weighted by Gasteiger charge is -2.32. The van der Waals surface area contributed by atoms with E-state index in [1.54, 1.807) is 6.20 Å². The first kappa shape index (κ1) is 18.2. The van der Waals surface area contributed by atoms with Gasteiger partial charge in [-0.1, -0.05) is 12.8 Å². The highest BCUT2D eigenvalue weighted by molar-refractivity contribution is 5.38. The Balaban J connectivity index is 1.33. The van der Waals surface area contributed by atoms with Crippen LogP contribution in [0.2, 0.25) is 0 Å². The van der Waals surface area contributed by atoms with Crippen molar-refractivity contribution in [3.8, 4) is 5.88 Å². The third-order valence-electron chi connectivity index (χ3n) is 5.84. The molecule has 4 rings (SSSR count). The van der Waals surface area contributed by atoms with Gasteiger partial charge in [0, 0.05) is 30.9 Å². The van der Waals surface area contributed by atoms with Crippen LogP contribution in [0.15, 0.2) is 24.7 Å². The fourth-order valence-corrected chi connectivity index (χ4v) is 4.32. The van der Waals surface area contributed by atoms with Crippen LogP contribution >= 0.6 is 0 Å². The highest BCUT2D eigenvalue weighted by Gasteiger charge is 2.24. The molecule has 1 aliphatic carbocycles. The Morgan fingerprint density at radius 1 is 1.11 bits per heavy atom. The van der Waals surface area contributed by atoms with Crippen molar-refractivity contribution in [1.82, 2.24) is 19.7 Å². The van der Waals surface area contributed by atoms with Gasteiger partial charge >= 0.3 is 0 Å². The standard InChI is InChI=1S/C20H29N5O2/c26-12-11-25-18(5-8-22-25)17-6-9-24(10-7-17)19-13-21-14-20(23-19)27-15-16-3-1-2-4-16/h5,8,13-14,16-17,26H,1-4,6-7,9-12,15H2. The molecule has 0 bridgehead atoms. The van der Waals surface area contributed by atoms with Gasteiger partial charge in [0.1, 0.15) is 0 Å². The van der Waals surface area contributed by atoms with Crippen LogP contribution in [0.1, 0.15) is 50.1 Å². The van der Waals surface area contributed by atoms with E-state index in [4.69, 9.17) is 4.74 Å². The number of aromatic nitrogens is 4. The van der Waals surface area contributed by atoms with Crippen molar-refractivity contribution in [1.29, 1.82) is 0 Å².